The van der Waals surface area contributed by atoms with E-state index in [4.69, 9.17) is 4.74 Å². The molecular formula is C17H16O2. The Bertz CT molecular complexity index is 656. The van der Waals surface area contributed by atoms with Gasteiger partial charge >= 0.3 is 0 Å². The standard InChI is InChI=1S/C17H16O2/c1-11-4-3-5-12-6-7-13-10-14(19-2)8-9-15(13)17(18)16(11)12/h3-5,8-10H,6-7H2,1-2H3. The normalized spacial score (nSPS) is 13.5. The summed E-state index contributed by atoms with van der Waals surface area (Å²) in [7, 11) is 1.65. The van der Waals surface area contributed by atoms with E-state index in [-0.39, 0.29) is 5.78 Å². The minimum atomic E-state index is 0.142. The van der Waals surface area contributed by atoms with Gasteiger partial charge in [-0.3, -0.25) is 4.79 Å². The Labute approximate surface area is 113 Å². The third-order valence-corrected chi connectivity index (χ3v) is 3.81. The summed E-state index contributed by atoms with van der Waals surface area (Å²) in [6.07, 6.45) is 1.79. The molecule has 2 heteroatoms. The van der Waals surface area contributed by atoms with Gasteiger partial charge in [0, 0.05) is 11.1 Å². The molecule has 0 aromatic heterocycles. The molecule has 2 aromatic carbocycles. The highest BCUT2D eigenvalue weighted by molar-refractivity contribution is 6.12. The number of carbonyl (C=O) groups excluding carboxylic acids is 1. The SMILES string of the molecule is COc1ccc2c(c1)CCc1cccc(C)c1C2=O. The first-order chi connectivity index (χ1) is 9.20. The molecule has 0 N–H and O–H groups in total. The molecule has 3 rings (SSSR count). The maximum atomic E-state index is 12.7. The molecule has 0 saturated heterocycles. The lowest BCUT2D eigenvalue weighted by molar-refractivity contribution is 0.103. The van der Waals surface area contributed by atoms with E-state index in [9.17, 15) is 4.79 Å². The lowest BCUT2D eigenvalue weighted by Gasteiger charge is -2.09. The lowest BCUT2D eigenvalue weighted by Crippen LogP contribution is -2.06. The fourth-order valence-corrected chi connectivity index (χ4v) is 2.79. The molecule has 0 radical (unpaired) electrons. The summed E-state index contributed by atoms with van der Waals surface area (Å²) in [5.41, 5.74) is 4.99. The Kier molecular flexibility index (Phi) is 2.86. The van der Waals surface area contributed by atoms with Gasteiger partial charge in [-0.25, -0.2) is 0 Å². The summed E-state index contributed by atoms with van der Waals surface area (Å²) >= 11 is 0. The molecule has 0 saturated carbocycles. The minimum Gasteiger partial charge on any atom is -0.497 e. The molecule has 0 fully saturated rings. The van der Waals surface area contributed by atoms with E-state index in [1.54, 1.807) is 7.11 Å². The van der Waals surface area contributed by atoms with Crippen molar-refractivity contribution in [2.75, 3.05) is 7.11 Å². The molecule has 1 aliphatic carbocycles. The van der Waals surface area contributed by atoms with Crippen LogP contribution in [0.5, 0.6) is 5.75 Å². The van der Waals surface area contributed by atoms with Gasteiger partial charge < -0.3 is 4.74 Å². The number of ether oxygens (including phenoxy) is 1. The van der Waals surface area contributed by atoms with Crippen molar-refractivity contribution < 1.29 is 9.53 Å². The Morgan fingerprint density at radius 3 is 2.63 bits per heavy atom. The number of rotatable bonds is 1. The lowest BCUT2D eigenvalue weighted by atomic mass is 9.95. The third-order valence-electron chi connectivity index (χ3n) is 3.81. The quantitative estimate of drug-likeness (QED) is 0.778. The number of hydrogen-bond acceptors (Lipinski definition) is 2. The average Bonchev–Trinajstić information content (AvgIpc) is 2.57. The van der Waals surface area contributed by atoms with Crippen molar-refractivity contribution in [1.82, 2.24) is 0 Å². The molecule has 0 amide bonds. The van der Waals surface area contributed by atoms with Crippen LogP contribution in [0.3, 0.4) is 0 Å². The van der Waals surface area contributed by atoms with Crippen molar-refractivity contribution in [3.63, 3.8) is 0 Å². The van der Waals surface area contributed by atoms with Crippen LogP contribution >= 0.6 is 0 Å². The molecule has 0 atom stereocenters. The average molecular weight is 252 g/mol. The largest absolute Gasteiger partial charge is 0.497 e. The van der Waals surface area contributed by atoms with Crippen LogP contribution < -0.4 is 4.74 Å². The molecule has 1 aliphatic rings. The van der Waals surface area contributed by atoms with Gasteiger partial charge in [0.1, 0.15) is 5.75 Å². The number of hydrogen-bond donors (Lipinski definition) is 0. The molecule has 2 nitrogen and oxygen atoms in total. The summed E-state index contributed by atoms with van der Waals surface area (Å²) in [6.45, 7) is 2.01. The van der Waals surface area contributed by atoms with Crippen LogP contribution in [0.15, 0.2) is 36.4 Å². The fourth-order valence-electron chi connectivity index (χ4n) is 2.79. The minimum absolute atomic E-state index is 0.142. The van der Waals surface area contributed by atoms with Crippen molar-refractivity contribution in [3.05, 3.63) is 64.2 Å². The van der Waals surface area contributed by atoms with E-state index in [2.05, 4.69) is 6.07 Å². The van der Waals surface area contributed by atoms with Gasteiger partial charge in [-0.15, -0.1) is 0 Å². The number of carbonyl (C=O) groups is 1. The highest BCUT2D eigenvalue weighted by Crippen LogP contribution is 2.28. The topological polar surface area (TPSA) is 26.3 Å². The Morgan fingerprint density at radius 1 is 1.05 bits per heavy atom. The Morgan fingerprint density at radius 2 is 1.84 bits per heavy atom. The smallest absolute Gasteiger partial charge is 0.193 e. The predicted octanol–water partition coefficient (Wildman–Crippen LogP) is 3.33. The molecule has 0 heterocycles. The highest BCUT2D eigenvalue weighted by Gasteiger charge is 2.22. The molecular weight excluding hydrogens is 236 g/mol. The van der Waals surface area contributed by atoms with Crippen molar-refractivity contribution in [1.29, 1.82) is 0 Å². The van der Waals surface area contributed by atoms with Crippen LogP contribution in [0, 0.1) is 6.92 Å². The maximum Gasteiger partial charge on any atom is 0.193 e. The highest BCUT2D eigenvalue weighted by atomic mass is 16.5. The van der Waals surface area contributed by atoms with Gasteiger partial charge in [-0.05, 0) is 54.7 Å². The first kappa shape index (κ1) is 12.0. The van der Waals surface area contributed by atoms with Crippen LogP contribution in [-0.4, -0.2) is 12.9 Å². The molecule has 2 aromatic rings. The van der Waals surface area contributed by atoms with E-state index in [1.165, 1.54) is 0 Å². The van der Waals surface area contributed by atoms with Crippen molar-refractivity contribution >= 4 is 5.78 Å². The first-order valence-electron chi connectivity index (χ1n) is 6.51. The predicted molar refractivity (Wildman–Crippen MR) is 75.0 cm³/mol. The Balaban J connectivity index is 2.18. The van der Waals surface area contributed by atoms with Gasteiger partial charge in [0.15, 0.2) is 5.78 Å². The monoisotopic (exact) mass is 252 g/mol. The van der Waals surface area contributed by atoms with Gasteiger partial charge in [0.25, 0.3) is 0 Å². The van der Waals surface area contributed by atoms with E-state index in [0.29, 0.717) is 0 Å². The van der Waals surface area contributed by atoms with Crippen LogP contribution in [-0.2, 0) is 12.8 Å². The summed E-state index contributed by atoms with van der Waals surface area (Å²) in [5, 5.41) is 0. The van der Waals surface area contributed by atoms with Crippen molar-refractivity contribution in [2.24, 2.45) is 0 Å². The first-order valence-corrected chi connectivity index (χ1v) is 6.51. The van der Waals surface area contributed by atoms with E-state index in [0.717, 1.165) is 46.4 Å². The zero-order valence-corrected chi connectivity index (χ0v) is 11.2. The van der Waals surface area contributed by atoms with Crippen LogP contribution in [0.2, 0.25) is 0 Å². The maximum absolute atomic E-state index is 12.7. The molecule has 0 bridgehead atoms. The number of benzene rings is 2. The van der Waals surface area contributed by atoms with Crippen LogP contribution in [0.25, 0.3) is 0 Å². The number of aryl methyl sites for hydroxylation is 3. The number of ketones is 1. The van der Waals surface area contributed by atoms with Gasteiger partial charge in [0.05, 0.1) is 7.11 Å². The molecule has 96 valence electrons. The summed E-state index contributed by atoms with van der Waals surface area (Å²) in [5.74, 6) is 0.956. The van der Waals surface area contributed by atoms with E-state index < -0.39 is 0 Å². The summed E-state index contributed by atoms with van der Waals surface area (Å²) in [4.78, 5) is 12.7. The second-order valence-electron chi connectivity index (χ2n) is 4.96. The fraction of sp³-hybridized carbons (Fsp3) is 0.235. The molecule has 0 unspecified atom stereocenters. The number of fused-ring (bicyclic) bond motifs is 2. The van der Waals surface area contributed by atoms with E-state index in [1.807, 2.05) is 37.3 Å². The second kappa shape index (κ2) is 4.54. The van der Waals surface area contributed by atoms with Crippen molar-refractivity contribution in [3.8, 4) is 5.75 Å². The van der Waals surface area contributed by atoms with Crippen molar-refractivity contribution in [2.45, 2.75) is 19.8 Å². The van der Waals surface area contributed by atoms with Crippen LogP contribution in [0.4, 0.5) is 0 Å². The summed E-state index contributed by atoms with van der Waals surface area (Å²) < 4.78 is 5.25. The zero-order valence-electron chi connectivity index (χ0n) is 11.2. The zero-order chi connectivity index (χ0) is 13.4. The summed E-state index contributed by atoms with van der Waals surface area (Å²) in [6, 6.07) is 11.8. The van der Waals surface area contributed by atoms with Crippen LogP contribution in [0.1, 0.15) is 32.6 Å². The third kappa shape index (κ3) is 1.93. The van der Waals surface area contributed by atoms with E-state index >= 15 is 0 Å². The van der Waals surface area contributed by atoms with Gasteiger partial charge in [-0.2, -0.15) is 0 Å². The van der Waals surface area contributed by atoms with Gasteiger partial charge in [-0.1, -0.05) is 18.2 Å². The molecule has 0 spiro atoms. The molecule has 19 heavy (non-hydrogen) atoms. The second-order valence-corrected chi connectivity index (χ2v) is 4.96. The van der Waals surface area contributed by atoms with Gasteiger partial charge in [0.2, 0.25) is 0 Å². The molecule has 0 aliphatic heterocycles. The number of methoxy groups -OCH3 is 1. The Hall–Kier alpha value is -2.09.